The molecule has 6 heteroatoms. The molecule has 1 amide bonds. The van der Waals surface area contributed by atoms with Gasteiger partial charge in [0.15, 0.2) is 0 Å². The number of rotatable bonds is 7. The van der Waals surface area contributed by atoms with Crippen LogP contribution in [0.15, 0.2) is 24.3 Å². The van der Waals surface area contributed by atoms with E-state index in [9.17, 15) is 14.3 Å². The van der Waals surface area contributed by atoms with E-state index < -0.39 is 6.10 Å². The number of carbonyl (C=O) groups is 1. The van der Waals surface area contributed by atoms with Crippen LogP contribution in [0.25, 0.3) is 0 Å². The van der Waals surface area contributed by atoms with E-state index in [0.29, 0.717) is 51.5 Å². The van der Waals surface area contributed by atoms with Crippen molar-refractivity contribution in [3.05, 3.63) is 35.6 Å². The molecule has 128 valence electrons. The average molecular weight is 324 g/mol. The lowest BCUT2D eigenvalue weighted by Gasteiger charge is -2.35. The van der Waals surface area contributed by atoms with E-state index in [0.717, 1.165) is 0 Å². The monoisotopic (exact) mass is 324 g/mol. The summed E-state index contributed by atoms with van der Waals surface area (Å²) in [6.07, 6.45) is -0.407. The van der Waals surface area contributed by atoms with Crippen LogP contribution in [0.4, 0.5) is 4.39 Å². The number of nitrogens with zero attached hydrogens (tertiary/aromatic N) is 2. The normalized spacial score (nSPS) is 17.3. The molecule has 0 radical (unpaired) electrons. The van der Waals surface area contributed by atoms with Crippen molar-refractivity contribution in [1.29, 1.82) is 0 Å². The van der Waals surface area contributed by atoms with Crippen molar-refractivity contribution in [2.45, 2.75) is 19.4 Å². The Hall–Kier alpha value is -1.50. The van der Waals surface area contributed by atoms with Gasteiger partial charge in [0.05, 0.1) is 19.1 Å². The second kappa shape index (κ2) is 8.96. The van der Waals surface area contributed by atoms with Gasteiger partial charge in [0.2, 0.25) is 5.91 Å². The summed E-state index contributed by atoms with van der Waals surface area (Å²) in [7, 11) is 0. The number of hydrogen-bond acceptors (Lipinski definition) is 4. The third-order valence-electron chi connectivity index (χ3n) is 4.01. The summed E-state index contributed by atoms with van der Waals surface area (Å²) in [6, 6.07) is 6.38. The van der Waals surface area contributed by atoms with Crippen molar-refractivity contribution >= 4 is 5.91 Å². The Morgan fingerprint density at radius 1 is 1.30 bits per heavy atom. The molecule has 1 atom stereocenters. The molecule has 0 aliphatic carbocycles. The lowest BCUT2D eigenvalue weighted by Crippen LogP contribution is -2.51. The van der Waals surface area contributed by atoms with Crippen LogP contribution in [-0.2, 0) is 16.0 Å². The van der Waals surface area contributed by atoms with Gasteiger partial charge in [-0.05, 0) is 18.6 Å². The van der Waals surface area contributed by atoms with Crippen molar-refractivity contribution in [2.75, 3.05) is 45.9 Å². The first-order valence-electron chi connectivity index (χ1n) is 8.09. The van der Waals surface area contributed by atoms with Gasteiger partial charge in [0, 0.05) is 39.3 Å². The van der Waals surface area contributed by atoms with Gasteiger partial charge < -0.3 is 14.7 Å². The summed E-state index contributed by atoms with van der Waals surface area (Å²) in [5, 5.41) is 9.84. The maximum absolute atomic E-state index is 13.6. The highest BCUT2D eigenvalue weighted by molar-refractivity contribution is 5.78. The molecular weight excluding hydrogens is 299 g/mol. The predicted octanol–water partition coefficient (Wildman–Crippen LogP) is 0.910. The van der Waals surface area contributed by atoms with E-state index in [1.165, 1.54) is 6.07 Å². The number of carbonyl (C=O) groups excluding carboxylic acids is 1. The van der Waals surface area contributed by atoms with Gasteiger partial charge >= 0.3 is 0 Å². The van der Waals surface area contributed by atoms with E-state index >= 15 is 0 Å². The predicted molar refractivity (Wildman–Crippen MR) is 85.6 cm³/mol. The molecule has 0 aromatic heterocycles. The molecule has 1 aromatic carbocycles. The summed E-state index contributed by atoms with van der Waals surface area (Å²) in [4.78, 5) is 16.1. The Morgan fingerprint density at radius 2 is 2.00 bits per heavy atom. The maximum Gasteiger partial charge on any atom is 0.227 e. The molecule has 1 saturated heterocycles. The van der Waals surface area contributed by atoms with Crippen LogP contribution >= 0.6 is 0 Å². The molecule has 1 aromatic rings. The highest BCUT2D eigenvalue weighted by Gasteiger charge is 2.23. The van der Waals surface area contributed by atoms with Crippen molar-refractivity contribution in [3.63, 3.8) is 0 Å². The highest BCUT2D eigenvalue weighted by atomic mass is 19.1. The number of hydrogen-bond donors (Lipinski definition) is 1. The number of piperazine rings is 1. The second-order valence-corrected chi connectivity index (χ2v) is 5.76. The minimum Gasteiger partial charge on any atom is -0.389 e. The molecule has 1 fully saturated rings. The van der Waals surface area contributed by atoms with Gasteiger partial charge in [-0.25, -0.2) is 4.39 Å². The van der Waals surface area contributed by atoms with Crippen LogP contribution in [0.1, 0.15) is 12.5 Å². The Balaban J connectivity index is 1.75. The van der Waals surface area contributed by atoms with Crippen LogP contribution in [0.3, 0.4) is 0 Å². The summed E-state index contributed by atoms with van der Waals surface area (Å²) >= 11 is 0. The van der Waals surface area contributed by atoms with Crippen molar-refractivity contribution in [3.8, 4) is 0 Å². The van der Waals surface area contributed by atoms with Gasteiger partial charge in [-0.15, -0.1) is 0 Å². The van der Waals surface area contributed by atoms with Gasteiger partial charge in [0.25, 0.3) is 0 Å². The summed E-state index contributed by atoms with van der Waals surface area (Å²) < 4.78 is 18.8. The Bertz CT molecular complexity index is 504. The number of aliphatic hydroxyl groups is 1. The summed E-state index contributed by atoms with van der Waals surface area (Å²) in [5.41, 5.74) is 0.437. The van der Waals surface area contributed by atoms with Gasteiger partial charge in [-0.2, -0.15) is 0 Å². The zero-order valence-corrected chi connectivity index (χ0v) is 13.6. The molecule has 0 bridgehead atoms. The Morgan fingerprint density at radius 3 is 2.65 bits per heavy atom. The van der Waals surface area contributed by atoms with Crippen LogP contribution in [0, 0.1) is 5.82 Å². The second-order valence-electron chi connectivity index (χ2n) is 5.76. The molecule has 0 saturated carbocycles. The lowest BCUT2D eigenvalue weighted by molar-refractivity contribution is -0.132. The van der Waals surface area contributed by atoms with Crippen molar-refractivity contribution in [1.82, 2.24) is 9.80 Å². The summed E-state index contributed by atoms with van der Waals surface area (Å²) in [5.74, 6) is -0.386. The van der Waals surface area contributed by atoms with E-state index in [-0.39, 0.29) is 18.1 Å². The van der Waals surface area contributed by atoms with Crippen LogP contribution < -0.4 is 0 Å². The van der Waals surface area contributed by atoms with Gasteiger partial charge in [0.1, 0.15) is 5.82 Å². The molecule has 1 heterocycles. The first kappa shape index (κ1) is 17.8. The first-order chi connectivity index (χ1) is 11.1. The quantitative estimate of drug-likeness (QED) is 0.810. The number of amides is 1. The molecule has 1 aliphatic heterocycles. The first-order valence-corrected chi connectivity index (χ1v) is 8.09. The van der Waals surface area contributed by atoms with Gasteiger partial charge in [-0.3, -0.25) is 9.69 Å². The van der Waals surface area contributed by atoms with E-state index in [1.807, 2.05) is 6.92 Å². The largest absolute Gasteiger partial charge is 0.389 e. The molecule has 0 spiro atoms. The fourth-order valence-corrected chi connectivity index (χ4v) is 2.70. The summed E-state index contributed by atoms with van der Waals surface area (Å²) in [6.45, 7) is 6.02. The number of benzene rings is 1. The number of β-amino-alcohol motifs (C(OH)–C–C–N with tert-alkyl or cyclic N) is 1. The zero-order valence-electron chi connectivity index (χ0n) is 13.6. The third kappa shape index (κ3) is 5.57. The minimum atomic E-state index is -0.504. The fourth-order valence-electron chi connectivity index (χ4n) is 2.70. The minimum absolute atomic E-state index is 0.0513. The van der Waals surface area contributed by atoms with E-state index in [2.05, 4.69) is 4.90 Å². The Kier molecular flexibility index (Phi) is 6.95. The Labute approximate surface area is 136 Å². The molecule has 5 nitrogen and oxygen atoms in total. The topological polar surface area (TPSA) is 53.0 Å². The smallest absolute Gasteiger partial charge is 0.227 e. The molecule has 0 unspecified atom stereocenters. The van der Waals surface area contributed by atoms with Gasteiger partial charge in [-0.1, -0.05) is 18.2 Å². The number of aliphatic hydroxyl groups excluding tert-OH is 1. The van der Waals surface area contributed by atoms with Crippen molar-refractivity contribution in [2.24, 2.45) is 0 Å². The molecule has 2 rings (SSSR count). The molecule has 23 heavy (non-hydrogen) atoms. The fraction of sp³-hybridized carbons (Fsp3) is 0.588. The number of ether oxygens (including phenoxy) is 1. The van der Waals surface area contributed by atoms with Crippen LogP contribution in [0.2, 0.25) is 0 Å². The SMILES string of the molecule is CCOC[C@H](O)CN1CCN(C(=O)Cc2ccccc2F)CC1. The van der Waals surface area contributed by atoms with Crippen LogP contribution in [0.5, 0.6) is 0 Å². The highest BCUT2D eigenvalue weighted by Crippen LogP contribution is 2.10. The number of halogens is 1. The average Bonchev–Trinajstić information content (AvgIpc) is 2.55. The molecular formula is C17H25FN2O3. The molecule has 1 aliphatic rings. The molecule has 1 N–H and O–H groups in total. The third-order valence-corrected chi connectivity index (χ3v) is 4.01. The standard InChI is InChI=1S/C17H25FN2O3/c1-2-23-13-15(21)12-19-7-9-20(10-8-19)17(22)11-14-5-3-4-6-16(14)18/h3-6,15,21H,2,7-13H2,1H3/t15-/m1/s1. The maximum atomic E-state index is 13.6. The van der Waals surface area contributed by atoms with E-state index in [4.69, 9.17) is 4.74 Å². The van der Waals surface area contributed by atoms with Crippen molar-refractivity contribution < 1.29 is 19.0 Å². The zero-order chi connectivity index (χ0) is 16.7. The van der Waals surface area contributed by atoms with E-state index in [1.54, 1.807) is 23.1 Å². The van der Waals surface area contributed by atoms with Crippen LogP contribution in [-0.4, -0.2) is 72.9 Å². The lowest BCUT2D eigenvalue weighted by atomic mass is 10.1.